The number of rotatable bonds is 13. The summed E-state index contributed by atoms with van der Waals surface area (Å²) in [5, 5.41) is 60.7. The molecule has 6 unspecified atom stereocenters. The molecule has 100 heavy (non-hydrogen) atoms. The Labute approximate surface area is 601 Å². The van der Waals surface area contributed by atoms with Gasteiger partial charge in [0.25, 0.3) is 0 Å². The van der Waals surface area contributed by atoms with Crippen molar-refractivity contribution >= 4 is 24.1 Å². The second kappa shape index (κ2) is 24.6. The highest BCUT2D eigenvalue weighted by molar-refractivity contribution is 5.82. The van der Waals surface area contributed by atoms with E-state index < -0.39 is 87.6 Å². The largest absolute Gasteiger partial charge is 0.460 e. The van der Waals surface area contributed by atoms with Crippen molar-refractivity contribution < 1.29 is 77.9 Å². The highest BCUT2D eigenvalue weighted by Gasteiger charge is 2.87. The Bertz CT molecular complexity index is 3120. The first kappa shape index (κ1) is 78.2. The molecule has 26 atom stereocenters. The van der Waals surface area contributed by atoms with E-state index in [9.17, 15) is 44.7 Å². The lowest BCUT2D eigenvalue weighted by molar-refractivity contribution is -0.223. The van der Waals surface area contributed by atoms with E-state index in [0.717, 1.165) is 103 Å². The second-order valence-electron chi connectivity index (χ2n) is 42.0. The van der Waals surface area contributed by atoms with Gasteiger partial charge in [0, 0.05) is 36.8 Å². The summed E-state index contributed by atoms with van der Waals surface area (Å²) in [7, 11) is 3.48. The Kier molecular flexibility index (Phi) is 19.2. The van der Waals surface area contributed by atoms with Crippen LogP contribution < -0.4 is 5.32 Å². The van der Waals surface area contributed by atoms with Crippen molar-refractivity contribution in [2.45, 2.75) is 376 Å². The minimum atomic E-state index is -0.935. The van der Waals surface area contributed by atoms with Gasteiger partial charge in [0.2, 0.25) is 0 Å². The number of alkyl carbamates (subject to hydrolysis) is 1. The standard InChI is InChI=1S/C42H71NO8.C40H67NO8/c1-24(2)30(43(13)34(46)51-35(3,4)5)33(45)49-28-16-18-42-23-41(42)20-19-38(10)31(40(12)17-15-29(50-40)37(8,9)47)25(44)22-39(38,11)27(41)21-26(48-14)32(42)36(28,6)7;1-22(2)28(41-32(45)49-33(3,4)5)31(44)47-26-14-16-40-21-39(40)18-17-36(10)30(38(12)15-13-27(48-38)35(8,9)46)24(43)20-37(36,11)25(39)19-23(42)29(40)34(26,6)7/h24-32,44,47H,15-23H2,1-14H3;22-30,42-43,46H,13-21H2,1-12H3,(H,41,45)/t25-,26-,27?,28-,29-,30-,31-,32-,38+,39-,40+,41?,42?;23-,24-,25?,26-,27-,28-,29-,30-,36+,37-,38+,39?,40?/m00/s1. The summed E-state index contributed by atoms with van der Waals surface area (Å²) in [6.45, 7) is 48.7. The van der Waals surface area contributed by atoms with Crippen LogP contribution in [0.25, 0.3) is 0 Å². The number of nitrogens with one attached hydrogen (secondary N) is 1. The van der Waals surface area contributed by atoms with Crippen LogP contribution in [0.3, 0.4) is 0 Å². The lowest BCUT2D eigenvalue weighted by Gasteiger charge is -2.65. The zero-order valence-corrected chi connectivity index (χ0v) is 66.8. The molecule has 12 rings (SSSR count). The molecule has 0 bridgehead atoms. The number of fused-ring (bicyclic) bond motifs is 4. The second-order valence-corrected chi connectivity index (χ2v) is 42.0. The van der Waals surface area contributed by atoms with Crippen LogP contribution in [0, 0.1) is 101 Å². The third-order valence-corrected chi connectivity index (χ3v) is 31.8. The van der Waals surface area contributed by atoms with E-state index in [-0.39, 0.29) is 127 Å². The normalized spacial score (nSPS) is 47.0. The predicted molar refractivity (Wildman–Crippen MR) is 382 cm³/mol. The van der Waals surface area contributed by atoms with Gasteiger partial charge < -0.3 is 64.0 Å². The first-order chi connectivity index (χ1) is 45.5. The van der Waals surface area contributed by atoms with Crippen LogP contribution in [0.5, 0.6) is 0 Å². The number of ether oxygens (including phenoxy) is 7. The molecule has 2 saturated heterocycles. The molecule has 12 fully saturated rings. The fraction of sp³-hybridized carbons (Fsp3) is 0.951. The van der Waals surface area contributed by atoms with Crippen LogP contribution in [0.4, 0.5) is 9.59 Å². The van der Waals surface area contributed by atoms with Gasteiger partial charge >= 0.3 is 24.1 Å². The number of hydrogen-bond donors (Lipinski definition) is 6. The van der Waals surface area contributed by atoms with Gasteiger partial charge in [-0.25, -0.2) is 19.2 Å². The number of aliphatic hydroxyl groups is 5. The minimum absolute atomic E-state index is 0.000661. The summed E-state index contributed by atoms with van der Waals surface area (Å²) < 4.78 is 43.9. The molecule has 6 N–H and O–H groups in total. The van der Waals surface area contributed by atoms with Crippen LogP contribution in [0.1, 0.15) is 282 Å². The number of methoxy groups -OCH3 is 1. The van der Waals surface area contributed by atoms with Crippen molar-refractivity contribution in [3.63, 3.8) is 0 Å². The maximum Gasteiger partial charge on any atom is 0.410 e. The Balaban J connectivity index is 0.000000202. The summed E-state index contributed by atoms with van der Waals surface area (Å²) in [6.07, 6.45) is 12.3. The third kappa shape index (κ3) is 11.8. The van der Waals surface area contributed by atoms with Gasteiger partial charge in [-0.1, -0.05) is 83.1 Å². The molecule has 2 heterocycles. The van der Waals surface area contributed by atoms with E-state index in [1.54, 1.807) is 27.8 Å². The monoisotopic (exact) mass is 1410 g/mol. The molecular formula is C82H138N2O16. The van der Waals surface area contributed by atoms with Crippen molar-refractivity contribution in [3.8, 4) is 0 Å². The number of carbonyl (C=O) groups is 4. The van der Waals surface area contributed by atoms with Crippen LogP contribution in [-0.2, 0) is 42.7 Å². The zero-order valence-electron chi connectivity index (χ0n) is 66.8. The maximum absolute atomic E-state index is 14.0. The average molecular weight is 1410 g/mol. The molecule has 4 spiro atoms. The van der Waals surface area contributed by atoms with Crippen LogP contribution in [-0.4, -0.2) is 163 Å². The Morgan fingerprint density at radius 2 is 0.920 bits per heavy atom. The Morgan fingerprint density at radius 3 is 1.32 bits per heavy atom. The molecule has 0 radical (unpaired) electrons. The van der Waals surface area contributed by atoms with E-state index in [1.807, 2.05) is 83.3 Å². The van der Waals surface area contributed by atoms with Crippen LogP contribution in [0.2, 0.25) is 0 Å². The van der Waals surface area contributed by atoms with Crippen molar-refractivity contribution in [1.29, 1.82) is 0 Å². The smallest absolute Gasteiger partial charge is 0.410 e. The quantitative estimate of drug-likeness (QED) is 0.0741. The summed E-state index contributed by atoms with van der Waals surface area (Å²) in [5.74, 6) is -0.336. The zero-order chi connectivity index (χ0) is 74.7. The van der Waals surface area contributed by atoms with E-state index >= 15 is 0 Å². The fourth-order valence-electron chi connectivity index (χ4n) is 27.5. The number of likely N-dealkylation sites (N-methyl/N-ethyl adjacent to an activating group) is 1. The van der Waals surface area contributed by atoms with E-state index in [1.165, 1.54) is 4.90 Å². The van der Waals surface area contributed by atoms with Gasteiger partial charge in [-0.3, -0.25) is 4.90 Å². The molecule has 0 aromatic rings. The number of hydrogen-bond acceptors (Lipinski definition) is 16. The van der Waals surface area contributed by atoms with Gasteiger partial charge in [0.15, 0.2) is 0 Å². The van der Waals surface area contributed by atoms with E-state index in [4.69, 9.17) is 33.2 Å². The lowest BCUT2D eigenvalue weighted by Crippen LogP contribution is -2.63. The average Bonchev–Trinajstić information content (AvgIpc) is 1.46. The number of esters is 2. The summed E-state index contributed by atoms with van der Waals surface area (Å²) in [6, 6.07) is -1.59. The van der Waals surface area contributed by atoms with Gasteiger partial charge in [-0.05, 0) is 277 Å². The molecule has 0 aromatic heterocycles. The topological polar surface area (TPSA) is 249 Å². The molecule has 10 aliphatic carbocycles. The van der Waals surface area contributed by atoms with Gasteiger partial charge in [0.05, 0.1) is 59.0 Å². The number of carbonyl (C=O) groups excluding carboxylic acids is 4. The van der Waals surface area contributed by atoms with Crippen LogP contribution >= 0.6 is 0 Å². The molecule has 18 nitrogen and oxygen atoms in total. The molecule has 0 aromatic carbocycles. The lowest BCUT2D eigenvalue weighted by atomic mass is 9.41. The Morgan fingerprint density at radius 1 is 0.500 bits per heavy atom. The fourth-order valence-corrected chi connectivity index (χ4v) is 27.5. The summed E-state index contributed by atoms with van der Waals surface area (Å²) >= 11 is 0. The SMILES string of the molecule is CC(C)[C@H](NC(=O)OC(C)(C)C)C(=O)O[C@H]1CCC23CC24CC[C@]2(C)[C@@H]([C@@]5(C)CC[C@@H](C(C)(C)O)O5)[C@@H](O)C[C@@]2(C)C4C[C@H](O)[C@H]3C1(C)C.CO[C@H]1CC2C3(CC[C@]4(C)[C@@H]([C@@]5(C)CC[C@@H](C(C)(C)O)O5)[C@@H](O)C[C@@]24C)CC32CC[C@H](OC(=O)[C@H](C(C)C)N(C)C(=O)OC(C)(C)C)C(C)(C)[C@H]12. The van der Waals surface area contributed by atoms with Crippen LogP contribution in [0.15, 0.2) is 0 Å². The molecule has 10 saturated carbocycles. The molecule has 2 aliphatic heterocycles. The van der Waals surface area contributed by atoms with Crippen molar-refractivity contribution in [2.24, 2.45) is 101 Å². The molecule has 2 amide bonds. The van der Waals surface area contributed by atoms with Gasteiger partial charge in [0.1, 0.15) is 35.5 Å². The van der Waals surface area contributed by atoms with E-state index in [2.05, 4.69) is 74.6 Å². The molecule has 18 heteroatoms. The number of aliphatic hydroxyl groups excluding tert-OH is 3. The molecule has 572 valence electrons. The first-order valence-corrected chi connectivity index (χ1v) is 39.3. The molecular weight excluding hydrogens is 1270 g/mol. The highest BCUT2D eigenvalue weighted by Crippen LogP contribution is 2.91. The summed E-state index contributed by atoms with van der Waals surface area (Å²) in [4.78, 5) is 54.7. The Hall–Kier alpha value is -2.84. The number of amides is 2. The third-order valence-electron chi connectivity index (χ3n) is 31.8. The van der Waals surface area contributed by atoms with Gasteiger partial charge in [-0.2, -0.15) is 0 Å². The van der Waals surface area contributed by atoms with Crippen molar-refractivity contribution in [2.75, 3.05) is 14.2 Å². The predicted octanol–water partition coefficient (Wildman–Crippen LogP) is 14.1. The van der Waals surface area contributed by atoms with Crippen molar-refractivity contribution in [1.82, 2.24) is 10.2 Å². The van der Waals surface area contributed by atoms with Crippen molar-refractivity contribution in [3.05, 3.63) is 0 Å². The highest BCUT2D eigenvalue weighted by atomic mass is 16.6. The van der Waals surface area contributed by atoms with Gasteiger partial charge in [-0.15, -0.1) is 0 Å². The molecule has 12 aliphatic rings. The first-order valence-electron chi connectivity index (χ1n) is 39.3. The van der Waals surface area contributed by atoms with E-state index in [0.29, 0.717) is 18.8 Å². The maximum atomic E-state index is 14.0. The minimum Gasteiger partial charge on any atom is -0.460 e. The summed E-state index contributed by atoms with van der Waals surface area (Å²) in [5.41, 5.74) is -5.24. The number of nitrogens with zero attached hydrogens (tertiary/aromatic N) is 1.